The molecule has 1 aromatic carbocycles. The van der Waals surface area contributed by atoms with Gasteiger partial charge in [0.1, 0.15) is 5.75 Å². The number of methoxy groups -OCH3 is 1. The average molecular weight is 572 g/mol. The Kier molecular flexibility index (Phi) is 14.0. The number of hydrogen-bond acceptors (Lipinski definition) is 4. The molecule has 0 saturated carbocycles. The number of rotatable bonds is 11. The molecule has 0 amide bonds. The van der Waals surface area contributed by atoms with Gasteiger partial charge in [0.2, 0.25) is 0 Å². The van der Waals surface area contributed by atoms with E-state index in [-0.39, 0.29) is 24.0 Å². The molecule has 0 atom stereocenters. The van der Waals surface area contributed by atoms with Crippen LogP contribution in [0.25, 0.3) is 0 Å². The molecule has 1 aliphatic heterocycles. The minimum absolute atomic E-state index is 0. The molecule has 2 N–H and O–H groups in total. The van der Waals surface area contributed by atoms with Crippen LogP contribution < -0.4 is 15.4 Å². The molecule has 0 spiro atoms. The van der Waals surface area contributed by atoms with Crippen LogP contribution in [-0.4, -0.2) is 70.1 Å². The van der Waals surface area contributed by atoms with Gasteiger partial charge in [-0.25, -0.2) is 0 Å². The van der Waals surface area contributed by atoms with Crippen molar-refractivity contribution in [2.75, 3.05) is 58.4 Å². The molecule has 1 saturated heterocycles. The highest BCUT2D eigenvalue weighted by Gasteiger charge is 2.32. The van der Waals surface area contributed by atoms with Crippen molar-refractivity contribution in [1.29, 1.82) is 0 Å². The molecular formula is C22H36F3IN4O2. The maximum absolute atomic E-state index is 12.5. The number of nitrogens with one attached hydrogen (secondary N) is 2. The number of ether oxygens (including phenoxy) is 2. The summed E-state index contributed by atoms with van der Waals surface area (Å²) in [7, 11) is 1.67. The standard InChI is InChI=1S/C22H35F3N4O2.HI/c1-3-26-21(28-19-6-4-7-20(16-19)31-15-5-14-30-2)27-11-8-18-9-12-29(13-10-18)17-22(23,24)25;/h4,6-7,16,18H,3,5,8-15,17H2,1-2H3,(H2,26,27,28);1H. The fourth-order valence-corrected chi connectivity index (χ4v) is 3.55. The highest BCUT2D eigenvalue weighted by Crippen LogP contribution is 2.24. The van der Waals surface area contributed by atoms with E-state index in [0.29, 0.717) is 44.7 Å². The summed E-state index contributed by atoms with van der Waals surface area (Å²) < 4.78 is 48.3. The molecule has 0 unspecified atom stereocenters. The molecular weight excluding hydrogens is 536 g/mol. The number of anilines is 1. The highest BCUT2D eigenvalue weighted by atomic mass is 127. The third-order valence-corrected chi connectivity index (χ3v) is 5.12. The Hall–Kier alpha value is -1.27. The van der Waals surface area contributed by atoms with Crippen LogP contribution in [0.15, 0.2) is 29.3 Å². The predicted octanol–water partition coefficient (Wildman–Crippen LogP) is 4.76. The maximum atomic E-state index is 12.5. The third-order valence-electron chi connectivity index (χ3n) is 5.12. The van der Waals surface area contributed by atoms with Crippen molar-refractivity contribution in [2.45, 2.75) is 38.8 Å². The smallest absolute Gasteiger partial charge is 0.401 e. The van der Waals surface area contributed by atoms with Gasteiger partial charge in [0, 0.05) is 45.0 Å². The van der Waals surface area contributed by atoms with Crippen LogP contribution in [-0.2, 0) is 4.74 Å². The topological polar surface area (TPSA) is 58.1 Å². The van der Waals surface area contributed by atoms with E-state index >= 15 is 0 Å². The van der Waals surface area contributed by atoms with Gasteiger partial charge in [0.25, 0.3) is 0 Å². The van der Waals surface area contributed by atoms with Gasteiger partial charge in [0.05, 0.1) is 13.2 Å². The lowest BCUT2D eigenvalue weighted by molar-refractivity contribution is -0.148. The lowest BCUT2D eigenvalue weighted by atomic mass is 9.93. The molecule has 0 bridgehead atoms. The summed E-state index contributed by atoms with van der Waals surface area (Å²) in [4.78, 5) is 6.14. The fourth-order valence-electron chi connectivity index (χ4n) is 3.55. The zero-order valence-corrected chi connectivity index (χ0v) is 21.2. The van der Waals surface area contributed by atoms with Crippen molar-refractivity contribution in [2.24, 2.45) is 10.9 Å². The first-order valence-electron chi connectivity index (χ1n) is 11.0. The number of aliphatic imine (C=N–C) groups is 1. The highest BCUT2D eigenvalue weighted by molar-refractivity contribution is 14.0. The van der Waals surface area contributed by atoms with Crippen molar-refractivity contribution in [3.8, 4) is 5.75 Å². The van der Waals surface area contributed by atoms with Crippen molar-refractivity contribution in [1.82, 2.24) is 10.2 Å². The predicted molar refractivity (Wildman–Crippen MR) is 133 cm³/mol. The van der Waals surface area contributed by atoms with Crippen LogP contribution in [0.3, 0.4) is 0 Å². The molecule has 0 aliphatic carbocycles. The lowest BCUT2D eigenvalue weighted by Gasteiger charge is -2.32. The van der Waals surface area contributed by atoms with Crippen LogP contribution in [0.4, 0.5) is 18.9 Å². The van der Waals surface area contributed by atoms with Crippen LogP contribution in [0.5, 0.6) is 5.75 Å². The van der Waals surface area contributed by atoms with E-state index in [1.54, 1.807) is 7.11 Å². The summed E-state index contributed by atoms with van der Waals surface area (Å²) >= 11 is 0. The van der Waals surface area contributed by atoms with Gasteiger partial charge < -0.3 is 20.1 Å². The number of halogens is 4. The van der Waals surface area contributed by atoms with E-state index in [0.717, 1.165) is 43.7 Å². The van der Waals surface area contributed by atoms with Crippen molar-refractivity contribution in [3.63, 3.8) is 0 Å². The zero-order valence-electron chi connectivity index (χ0n) is 18.9. The number of nitrogens with zero attached hydrogens (tertiary/aromatic N) is 2. The minimum atomic E-state index is -4.12. The van der Waals surface area contributed by atoms with Crippen LogP contribution in [0, 0.1) is 5.92 Å². The number of guanidine groups is 1. The normalized spacial score (nSPS) is 15.8. The summed E-state index contributed by atoms with van der Waals surface area (Å²) in [6, 6.07) is 7.71. The van der Waals surface area contributed by atoms with Crippen LogP contribution in [0.1, 0.15) is 32.6 Å². The lowest BCUT2D eigenvalue weighted by Crippen LogP contribution is -2.40. The molecule has 10 heteroatoms. The van der Waals surface area contributed by atoms with E-state index in [4.69, 9.17) is 9.47 Å². The molecule has 0 aromatic heterocycles. The Bertz CT molecular complexity index is 669. The van der Waals surface area contributed by atoms with Crippen molar-refractivity contribution >= 4 is 35.6 Å². The van der Waals surface area contributed by atoms with Crippen LogP contribution >= 0.6 is 24.0 Å². The fraction of sp³-hybridized carbons (Fsp3) is 0.682. The quantitative estimate of drug-likeness (QED) is 0.173. The largest absolute Gasteiger partial charge is 0.493 e. The van der Waals surface area contributed by atoms with Crippen molar-refractivity contribution in [3.05, 3.63) is 24.3 Å². The number of likely N-dealkylation sites (tertiary alicyclic amines) is 1. The second kappa shape index (κ2) is 15.5. The number of alkyl halides is 3. The Morgan fingerprint density at radius 1 is 1.22 bits per heavy atom. The summed E-state index contributed by atoms with van der Waals surface area (Å²) in [5.74, 6) is 1.89. The van der Waals surface area contributed by atoms with E-state index in [9.17, 15) is 13.2 Å². The number of benzene rings is 1. The molecule has 0 radical (unpaired) electrons. The molecule has 1 fully saturated rings. The second-order valence-corrected chi connectivity index (χ2v) is 7.73. The first kappa shape index (κ1) is 28.8. The van der Waals surface area contributed by atoms with E-state index in [1.807, 2.05) is 31.2 Å². The molecule has 184 valence electrons. The Balaban J connectivity index is 0.00000512. The SMILES string of the molecule is CCNC(=NCCC1CCN(CC(F)(F)F)CC1)Nc1cccc(OCCCOC)c1.I. The molecule has 6 nitrogen and oxygen atoms in total. The maximum Gasteiger partial charge on any atom is 0.401 e. The van der Waals surface area contributed by atoms with Gasteiger partial charge in [0.15, 0.2) is 5.96 Å². The first-order chi connectivity index (χ1) is 14.9. The first-order valence-corrected chi connectivity index (χ1v) is 11.0. The Labute approximate surface area is 206 Å². The molecule has 2 rings (SSSR count). The number of hydrogen-bond donors (Lipinski definition) is 2. The number of piperidine rings is 1. The Morgan fingerprint density at radius 2 is 1.97 bits per heavy atom. The summed E-state index contributed by atoms with van der Waals surface area (Å²) in [5.41, 5.74) is 0.879. The summed E-state index contributed by atoms with van der Waals surface area (Å²) in [5, 5.41) is 6.52. The minimum Gasteiger partial charge on any atom is -0.493 e. The zero-order chi connectivity index (χ0) is 22.5. The van der Waals surface area contributed by atoms with Crippen molar-refractivity contribution < 1.29 is 22.6 Å². The van der Waals surface area contributed by atoms with Gasteiger partial charge in [-0.3, -0.25) is 9.89 Å². The van der Waals surface area contributed by atoms with E-state index in [2.05, 4.69) is 15.6 Å². The van der Waals surface area contributed by atoms with Gasteiger partial charge >= 0.3 is 6.18 Å². The average Bonchev–Trinajstić information content (AvgIpc) is 2.72. The monoisotopic (exact) mass is 572 g/mol. The van der Waals surface area contributed by atoms with Gasteiger partial charge in [-0.15, -0.1) is 24.0 Å². The Morgan fingerprint density at radius 3 is 2.62 bits per heavy atom. The molecule has 1 aromatic rings. The van der Waals surface area contributed by atoms with E-state index < -0.39 is 12.7 Å². The van der Waals surface area contributed by atoms with Gasteiger partial charge in [-0.05, 0) is 57.3 Å². The van der Waals surface area contributed by atoms with Gasteiger partial charge in [-0.1, -0.05) is 6.07 Å². The summed E-state index contributed by atoms with van der Waals surface area (Å²) in [6.07, 6.45) is -0.835. The third kappa shape index (κ3) is 12.1. The van der Waals surface area contributed by atoms with Crippen LogP contribution in [0.2, 0.25) is 0 Å². The summed E-state index contributed by atoms with van der Waals surface area (Å²) in [6.45, 7) is 4.82. The molecule has 1 heterocycles. The second-order valence-electron chi connectivity index (χ2n) is 7.73. The molecule has 1 aliphatic rings. The van der Waals surface area contributed by atoms with Gasteiger partial charge in [-0.2, -0.15) is 13.2 Å². The van der Waals surface area contributed by atoms with E-state index in [1.165, 1.54) is 4.90 Å². The molecule has 32 heavy (non-hydrogen) atoms.